The summed E-state index contributed by atoms with van der Waals surface area (Å²) in [5, 5.41) is 22.2. The van der Waals surface area contributed by atoms with Gasteiger partial charge in [-0.3, -0.25) is 4.79 Å². The lowest BCUT2D eigenvalue weighted by molar-refractivity contribution is 0.0940. The Labute approximate surface area is 131 Å². The van der Waals surface area contributed by atoms with Crippen LogP contribution in [0, 0.1) is 0 Å². The Morgan fingerprint density at radius 3 is 2.43 bits per heavy atom. The highest BCUT2D eigenvalue weighted by atomic mass is 79.9. The lowest BCUT2D eigenvalue weighted by Crippen LogP contribution is -2.37. The number of hydrogen-bond donors (Lipinski definition) is 3. The quantitative estimate of drug-likeness (QED) is 0.574. The second-order valence-electron chi connectivity index (χ2n) is 4.72. The zero-order chi connectivity index (χ0) is 15.2. The summed E-state index contributed by atoms with van der Waals surface area (Å²) in [6.07, 6.45) is 0.710. The van der Waals surface area contributed by atoms with Crippen LogP contribution in [0.2, 0.25) is 0 Å². The minimum absolute atomic E-state index is 0.0594. The third-order valence-corrected chi connectivity index (χ3v) is 3.87. The Hall–Kier alpha value is -2.01. The van der Waals surface area contributed by atoms with Crippen LogP contribution >= 0.6 is 15.9 Å². The lowest BCUT2D eigenvalue weighted by Gasteiger charge is -2.16. The normalized spacial score (nSPS) is 11.9. The van der Waals surface area contributed by atoms with Crippen LogP contribution in [-0.4, -0.2) is 27.5 Å². The van der Waals surface area contributed by atoms with Crippen molar-refractivity contribution in [3.63, 3.8) is 0 Å². The largest absolute Gasteiger partial charge is 0.504 e. The number of carbonyl (C=O) groups is 1. The van der Waals surface area contributed by atoms with Gasteiger partial charge in [0.2, 0.25) is 0 Å². The maximum absolute atomic E-state index is 12.1. The predicted octanol–water partition coefficient (Wildman–Crippen LogP) is 2.83. The molecule has 1 amide bonds. The molecule has 0 aliphatic heterocycles. The number of halogens is 1. The van der Waals surface area contributed by atoms with E-state index in [-0.39, 0.29) is 23.4 Å². The van der Waals surface area contributed by atoms with Crippen molar-refractivity contribution in [2.24, 2.45) is 0 Å². The standard InChI is InChI=1S/C16H16BrNO3/c17-10-13(8-11-4-2-1-3-5-11)18-16(21)12-6-7-14(19)15(20)9-12/h1-7,9,13,19-20H,8,10H2,(H,18,21). The van der Waals surface area contributed by atoms with Gasteiger partial charge >= 0.3 is 0 Å². The van der Waals surface area contributed by atoms with Gasteiger partial charge in [0, 0.05) is 16.9 Å². The zero-order valence-corrected chi connectivity index (χ0v) is 12.9. The van der Waals surface area contributed by atoms with Gasteiger partial charge in [-0.25, -0.2) is 0 Å². The molecule has 0 saturated heterocycles. The van der Waals surface area contributed by atoms with Crippen LogP contribution < -0.4 is 5.32 Å². The van der Waals surface area contributed by atoms with E-state index in [4.69, 9.17) is 0 Å². The zero-order valence-electron chi connectivity index (χ0n) is 11.3. The van der Waals surface area contributed by atoms with E-state index in [2.05, 4.69) is 21.2 Å². The van der Waals surface area contributed by atoms with Crippen molar-refractivity contribution in [3.8, 4) is 11.5 Å². The van der Waals surface area contributed by atoms with Crippen LogP contribution in [0.5, 0.6) is 11.5 Å². The number of aromatic hydroxyl groups is 2. The third kappa shape index (κ3) is 4.23. The molecule has 0 bridgehead atoms. The van der Waals surface area contributed by atoms with Gasteiger partial charge in [0.15, 0.2) is 11.5 Å². The van der Waals surface area contributed by atoms with E-state index >= 15 is 0 Å². The Kier molecular flexibility index (Phi) is 5.22. The summed E-state index contributed by atoms with van der Waals surface area (Å²) in [5.74, 6) is -0.834. The van der Waals surface area contributed by atoms with Crippen molar-refractivity contribution in [1.82, 2.24) is 5.32 Å². The fourth-order valence-corrected chi connectivity index (χ4v) is 2.37. The minimum atomic E-state index is -0.305. The Morgan fingerprint density at radius 1 is 1.10 bits per heavy atom. The molecule has 21 heavy (non-hydrogen) atoms. The smallest absolute Gasteiger partial charge is 0.251 e. The van der Waals surface area contributed by atoms with Gasteiger partial charge in [-0.05, 0) is 30.2 Å². The Morgan fingerprint density at radius 2 is 1.81 bits per heavy atom. The Bertz CT molecular complexity index is 616. The summed E-state index contributed by atoms with van der Waals surface area (Å²) in [5.41, 5.74) is 1.44. The molecule has 1 atom stereocenters. The molecule has 0 spiro atoms. The molecular weight excluding hydrogens is 334 g/mol. The van der Waals surface area contributed by atoms with Crippen molar-refractivity contribution in [2.75, 3.05) is 5.33 Å². The van der Waals surface area contributed by atoms with Crippen molar-refractivity contribution in [2.45, 2.75) is 12.5 Å². The third-order valence-electron chi connectivity index (χ3n) is 3.08. The highest BCUT2D eigenvalue weighted by Gasteiger charge is 2.14. The molecule has 0 aromatic heterocycles. The molecule has 4 nitrogen and oxygen atoms in total. The summed E-state index contributed by atoms with van der Waals surface area (Å²) < 4.78 is 0. The summed E-state index contributed by atoms with van der Waals surface area (Å²) in [6.45, 7) is 0. The number of hydrogen-bond acceptors (Lipinski definition) is 3. The van der Waals surface area contributed by atoms with Crippen LogP contribution in [0.1, 0.15) is 15.9 Å². The molecule has 0 fully saturated rings. The number of rotatable bonds is 5. The van der Waals surface area contributed by atoms with Gasteiger partial charge in [-0.1, -0.05) is 46.3 Å². The van der Waals surface area contributed by atoms with E-state index < -0.39 is 0 Å². The van der Waals surface area contributed by atoms with E-state index in [9.17, 15) is 15.0 Å². The molecule has 0 saturated carbocycles. The molecule has 1 unspecified atom stereocenters. The lowest BCUT2D eigenvalue weighted by atomic mass is 10.1. The maximum atomic E-state index is 12.1. The van der Waals surface area contributed by atoms with E-state index in [1.807, 2.05) is 30.3 Å². The van der Waals surface area contributed by atoms with E-state index in [0.717, 1.165) is 5.56 Å². The van der Waals surface area contributed by atoms with Crippen LogP contribution in [0.4, 0.5) is 0 Å². The Balaban J connectivity index is 2.04. The van der Waals surface area contributed by atoms with Gasteiger partial charge in [0.25, 0.3) is 5.91 Å². The molecule has 3 N–H and O–H groups in total. The number of phenols is 2. The summed E-state index contributed by atoms with van der Waals surface area (Å²) in [7, 11) is 0. The number of benzene rings is 2. The van der Waals surface area contributed by atoms with Crippen LogP contribution in [0.3, 0.4) is 0 Å². The monoisotopic (exact) mass is 349 g/mol. The molecule has 0 radical (unpaired) electrons. The van der Waals surface area contributed by atoms with Crippen molar-refractivity contribution in [1.29, 1.82) is 0 Å². The van der Waals surface area contributed by atoms with Crippen LogP contribution in [0.15, 0.2) is 48.5 Å². The first-order chi connectivity index (χ1) is 10.1. The SMILES string of the molecule is O=C(NC(CBr)Cc1ccccc1)c1ccc(O)c(O)c1. The minimum Gasteiger partial charge on any atom is -0.504 e. The molecule has 2 rings (SSSR count). The van der Waals surface area contributed by atoms with Crippen molar-refractivity contribution in [3.05, 3.63) is 59.7 Å². The second-order valence-corrected chi connectivity index (χ2v) is 5.37. The van der Waals surface area contributed by atoms with Gasteiger partial charge in [-0.2, -0.15) is 0 Å². The van der Waals surface area contributed by atoms with E-state index in [0.29, 0.717) is 17.3 Å². The average molecular weight is 350 g/mol. The highest BCUT2D eigenvalue weighted by Crippen LogP contribution is 2.24. The molecule has 110 valence electrons. The first kappa shape index (κ1) is 15.4. The summed E-state index contributed by atoms with van der Waals surface area (Å²) in [6, 6.07) is 13.8. The average Bonchev–Trinajstić information content (AvgIpc) is 2.50. The van der Waals surface area contributed by atoms with E-state index in [1.165, 1.54) is 18.2 Å². The maximum Gasteiger partial charge on any atom is 0.251 e. The predicted molar refractivity (Wildman–Crippen MR) is 85.0 cm³/mol. The molecular formula is C16H16BrNO3. The molecule has 2 aromatic rings. The first-order valence-corrected chi connectivity index (χ1v) is 7.65. The molecule has 2 aromatic carbocycles. The molecule has 0 aliphatic rings. The van der Waals surface area contributed by atoms with Gasteiger partial charge in [0.1, 0.15) is 0 Å². The summed E-state index contributed by atoms with van der Waals surface area (Å²) >= 11 is 3.40. The van der Waals surface area contributed by atoms with Gasteiger partial charge < -0.3 is 15.5 Å². The molecule has 0 heterocycles. The number of amides is 1. The van der Waals surface area contributed by atoms with Gasteiger partial charge in [0.05, 0.1) is 0 Å². The van der Waals surface area contributed by atoms with Gasteiger partial charge in [-0.15, -0.1) is 0 Å². The molecule has 0 aliphatic carbocycles. The second kappa shape index (κ2) is 7.13. The first-order valence-electron chi connectivity index (χ1n) is 6.53. The fraction of sp³-hybridized carbons (Fsp3) is 0.188. The number of nitrogens with one attached hydrogen (secondary N) is 1. The van der Waals surface area contributed by atoms with Crippen molar-refractivity contribution >= 4 is 21.8 Å². The summed E-state index contributed by atoms with van der Waals surface area (Å²) in [4.78, 5) is 12.1. The highest BCUT2D eigenvalue weighted by molar-refractivity contribution is 9.09. The number of alkyl halides is 1. The van der Waals surface area contributed by atoms with Crippen LogP contribution in [0.25, 0.3) is 0 Å². The van der Waals surface area contributed by atoms with E-state index in [1.54, 1.807) is 0 Å². The van der Waals surface area contributed by atoms with Crippen LogP contribution in [-0.2, 0) is 6.42 Å². The van der Waals surface area contributed by atoms with Crippen molar-refractivity contribution < 1.29 is 15.0 Å². The fourth-order valence-electron chi connectivity index (χ4n) is 1.98. The topological polar surface area (TPSA) is 69.6 Å². The molecule has 5 heteroatoms. The number of carbonyl (C=O) groups excluding carboxylic acids is 1. The number of phenolic OH excluding ortho intramolecular Hbond substituents is 2.